The van der Waals surface area contributed by atoms with Crippen LogP contribution in [-0.4, -0.2) is 48.7 Å². The van der Waals surface area contributed by atoms with Crippen molar-refractivity contribution in [1.82, 2.24) is 4.90 Å². The van der Waals surface area contributed by atoms with Crippen molar-refractivity contribution in [2.45, 2.75) is 32.1 Å². The Bertz CT molecular complexity index is 541. The number of hydrogen-bond donors (Lipinski definition) is 1. The number of methoxy groups -OCH3 is 1. The van der Waals surface area contributed by atoms with Crippen molar-refractivity contribution in [3.05, 3.63) is 34.9 Å². The fourth-order valence-corrected chi connectivity index (χ4v) is 2.84. The van der Waals surface area contributed by atoms with Crippen molar-refractivity contribution in [3.63, 3.8) is 0 Å². The molecule has 0 heterocycles. The lowest BCUT2D eigenvalue weighted by Gasteiger charge is -2.21. The highest BCUT2D eigenvalue weighted by molar-refractivity contribution is 5.83. The molecule has 0 bridgehead atoms. The van der Waals surface area contributed by atoms with E-state index in [4.69, 9.17) is 9.84 Å². The molecule has 120 valence electrons. The van der Waals surface area contributed by atoms with Crippen LogP contribution in [0, 0.1) is 0 Å². The van der Waals surface area contributed by atoms with Crippen molar-refractivity contribution in [1.29, 1.82) is 0 Å². The monoisotopic (exact) mass is 305 g/mol. The standard InChI is InChI=1S/C17H23NO4/c1-22-9-8-18(12-17(20)21)16(19)11-13-6-7-14-4-2-3-5-15(14)10-13/h6-7,10H,2-5,8-9,11-12H2,1H3,(H,20,21). The van der Waals surface area contributed by atoms with Gasteiger partial charge >= 0.3 is 5.97 Å². The molecule has 1 aliphatic rings. The molecule has 0 radical (unpaired) electrons. The number of aliphatic carboxylic acids is 1. The number of nitrogens with zero attached hydrogens (tertiary/aromatic N) is 1. The highest BCUT2D eigenvalue weighted by Gasteiger charge is 2.18. The van der Waals surface area contributed by atoms with E-state index in [2.05, 4.69) is 12.1 Å². The van der Waals surface area contributed by atoms with Crippen LogP contribution in [0.3, 0.4) is 0 Å². The van der Waals surface area contributed by atoms with E-state index in [-0.39, 0.29) is 18.9 Å². The van der Waals surface area contributed by atoms with Gasteiger partial charge in [-0.2, -0.15) is 0 Å². The lowest BCUT2D eigenvalue weighted by molar-refractivity contribution is -0.144. The van der Waals surface area contributed by atoms with Gasteiger partial charge in [0, 0.05) is 13.7 Å². The Labute approximate surface area is 130 Å². The molecule has 1 aromatic carbocycles. The van der Waals surface area contributed by atoms with Crippen LogP contribution < -0.4 is 0 Å². The summed E-state index contributed by atoms with van der Waals surface area (Å²) in [4.78, 5) is 24.6. The minimum Gasteiger partial charge on any atom is -0.480 e. The third-order valence-corrected chi connectivity index (χ3v) is 4.01. The number of carboxylic acids is 1. The zero-order chi connectivity index (χ0) is 15.9. The Balaban J connectivity index is 2.03. The second-order valence-electron chi connectivity index (χ2n) is 5.69. The van der Waals surface area contributed by atoms with Gasteiger partial charge in [-0.1, -0.05) is 18.2 Å². The Morgan fingerprint density at radius 2 is 1.95 bits per heavy atom. The molecular weight excluding hydrogens is 282 g/mol. The summed E-state index contributed by atoms with van der Waals surface area (Å²) >= 11 is 0. The molecule has 0 atom stereocenters. The van der Waals surface area contributed by atoms with E-state index in [1.54, 1.807) is 0 Å². The second kappa shape index (κ2) is 7.94. The second-order valence-corrected chi connectivity index (χ2v) is 5.69. The van der Waals surface area contributed by atoms with Crippen LogP contribution in [0.1, 0.15) is 29.5 Å². The topological polar surface area (TPSA) is 66.8 Å². The van der Waals surface area contributed by atoms with Crippen molar-refractivity contribution >= 4 is 11.9 Å². The maximum atomic E-state index is 12.3. The van der Waals surface area contributed by atoms with E-state index in [1.165, 1.54) is 36.0 Å². The van der Waals surface area contributed by atoms with Gasteiger partial charge in [0.05, 0.1) is 13.0 Å². The predicted octanol–water partition coefficient (Wildman–Crippen LogP) is 1.67. The molecule has 5 heteroatoms. The summed E-state index contributed by atoms with van der Waals surface area (Å²) in [5.41, 5.74) is 3.67. The SMILES string of the molecule is COCCN(CC(=O)O)C(=O)Cc1ccc2c(c1)CCCC2. The molecule has 5 nitrogen and oxygen atoms in total. The van der Waals surface area contributed by atoms with Gasteiger partial charge in [0.2, 0.25) is 5.91 Å². The number of carbonyl (C=O) groups excluding carboxylic acids is 1. The number of hydrogen-bond acceptors (Lipinski definition) is 3. The minimum atomic E-state index is -1.00. The van der Waals surface area contributed by atoms with Crippen LogP contribution in [0.25, 0.3) is 0 Å². The first kappa shape index (κ1) is 16.5. The lowest BCUT2D eigenvalue weighted by Crippen LogP contribution is -2.38. The maximum absolute atomic E-state index is 12.3. The van der Waals surface area contributed by atoms with E-state index in [0.717, 1.165) is 18.4 Å². The van der Waals surface area contributed by atoms with E-state index < -0.39 is 5.97 Å². The van der Waals surface area contributed by atoms with Crippen LogP contribution in [-0.2, 0) is 33.6 Å². The zero-order valence-corrected chi connectivity index (χ0v) is 13.0. The molecule has 1 aliphatic carbocycles. The fourth-order valence-electron chi connectivity index (χ4n) is 2.84. The molecular formula is C17H23NO4. The van der Waals surface area contributed by atoms with Crippen molar-refractivity contribution in [2.75, 3.05) is 26.8 Å². The molecule has 0 aromatic heterocycles. The van der Waals surface area contributed by atoms with Crippen LogP contribution >= 0.6 is 0 Å². The maximum Gasteiger partial charge on any atom is 0.323 e. The summed E-state index contributed by atoms with van der Waals surface area (Å²) < 4.78 is 4.94. The Kier molecular flexibility index (Phi) is 5.95. The fraction of sp³-hybridized carbons (Fsp3) is 0.529. The minimum absolute atomic E-state index is 0.171. The summed E-state index contributed by atoms with van der Waals surface area (Å²) in [6, 6.07) is 6.19. The molecule has 22 heavy (non-hydrogen) atoms. The predicted molar refractivity (Wildman–Crippen MR) is 82.9 cm³/mol. The van der Waals surface area contributed by atoms with Crippen LogP contribution in [0.4, 0.5) is 0 Å². The largest absolute Gasteiger partial charge is 0.480 e. The van der Waals surface area contributed by atoms with Gasteiger partial charge in [0.15, 0.2) is 0 Å². The molecule has 0 saturated heterocycles. The number of fused-ring (bicyclic) bond motifs is 1. The van der Waals surface area contributed by atoms with Gasteiger partial charge in [-0.15, -0.1) is 0 Å². The number of carboxylic acid groups (broad SMARTS) is 1. The normalized spacial score (nSPS) is 13.5. The zero-order valence-electron chi connectivity index (χ0n) is 13.0. The molecule has 0 spiro atoms. The van der Waals surface area contributed by atoms with Crippen LogP contribution in [0.15, 0.2) is 18.2 Å². The van der Waals surface area contributed by atoms with Crippen molar-refractivity contribution in [3.8, 4) is 0 Å². The first-order valence-corrected chi connectivity index (χ1v) is 7.69. The molecule has 1 N–H and O–H groups in total. The number of aryl methyl sites for hydroxylation is 2. The Morgan fingerprint density at radius 3 is 2.64 bits per heavy atom. The average molecular weight is 305 g/mol. The van der Waals surface area contributed by atoms with Crippen LogP contribution in [0.2, 0.25) is 0 Å². The molecule has 0 unspecified atom stereocenters. The van der Waals surface area contributed by atoms with Gasteiger partial charge in [-0.05, 0) is 42.4 Å². The first-order valence-electron chi connectivity index (χ1n) is 7.69. The van der Waals surface area contributed by atoms with Gasteiger partial charge in [0.25, 0.3) is 0 Å². The number of rotatable bonds is 7. The summed E-state index contributed by atoms with van der Waals surface area (Å²) in [5, 5.41) is 8.92. The van der Waals surface area contributed by atoms with Gasteiger partial charge in [-0.25, -0.2) is 0 Å². The summed E-state index contributed by atoms with van der Waals surface area (Å²) in [7, 11) is 1.53. The molecule has 0 fully saturated rings. The summed E-state index contributed by atoms with van der Waals surface area (Å²) in [5.74, 6) is -1.18. The Morgan fingerprint density at radius 1 is 1.23 bits per heavy atom. The van der Waals surface area contributed by atoms with E-state index >= 15 is 0 Å². The number of ether oxygens (including phenoxy) is 1. The van der Waals surface area contributed by atoms with Crippen LogP contribution in [0.5, 0.6) is 0 Å². The molecule has 2 rings (SSSR count). The van der Waals surface area contributed by atoms with Gasteiger partial charge in [-0.3, -0.25) is 9.59 Å². The molecule has 0 saturated carbocycles. The third-order valence-electron chi connectivity index (χ3n) is 4.01. The van der Waals surface area contributed by atoms with E-state index in [9.17, 15) is 9.59 Å². The van der Waals surface area contributed by atoms with Crippen molar-refractivity contribution < 1.29 is 19.4 Å². The number of amides is 1. The Hall–Kier alpha value is -1.88. The summed E-state index contributed by atoms with van der Waals surface area (Å²) in [6.45, 7) is 0.350. The smallest absolute Gasteiger partial charge is 0.323 e. The lowest BCUT2D eigenvalue weighted by atomic mass is 9.90. The number of benzene rings is 1. The third kappa shape index (κ3) is 4.56. The van der Waals surface area contributed by atoms with Gasteiger partial charge < -0.3 is 14.7 Å². The molecule has 1 aromatic rings. The number of carbonyl (C=O) groups is 2. The molecule has 0 aliphatic heterocycles. The first-order chi connectivity index (χ1) is 10.6. The average Bonchev–Trinajstić information content (AvgIpc) is 2.51. The van der Waals surface area contributed by atoms with E-state index in [1.807, 2.05) is 6.07 Å². The van der Waals surface area contributed by atoms with E-state index in [0.29, 0.717) is 13.2 Å². The summed E-state index contributed by atoms with van der Waals surface area (Å²) in [6.07, 6.45) is 4.85. The highest BCUT2D eigenvalue weighted by atomic mass is 16.5. The quantitative estimate of drug-likeness (QED) is 0.832. The highest BCUT2D eigenvalue weighted by Crippen LogP contribution is 2.22. The molecule has 1 amide bonds. The van der Waals surface area contributed by atoms with Gasteiger partial charge in [0.1, 0.15) is 6.54 Å². The van der Waals surface area contributed by atoms with Crippen molar-refractivity contribution in [2.24, 2.45) is 0 Å².